The summed E-state index contributed by atoms with van der Waals surface area (Å²) in [6.07, 6.45) is 3.24. The summed E-state index contributed by atoms with van der Waals surface area (Å²) in [7, 11) is 0. The largest absolute Gasteiger partial charge is 0.482 e. The standard InChI is InChI=1S/C21H15ClO5/c22-17-4-2-1-3-12(17)9-13-5-7-16-20(25)15-8-6-14(26-11-19(23)24)10-18(15)27-21(13)16/h1-4,6,8-10H,5,7,11H2,(H,23,24)/b13-9+. The van der Waals surface area contributed by atoms with Crippen LogP contribution in [-0.2, 0) is 11.2 Å². The Morgan fingerprint density at radius 3 is 2.81 bits per heavy atom. The molecule has 1 aliphatic rings. The topological polar surface area (TPSA) is 76.7 Å². The number of carboxylic acid groups (broad SMARTS) is 1. The van der Waals surface area contributed by atoms with Crippen molar-refractivity contribution in [2.75, 3.05) is 6.61 Å². The lowest BCUT2D eigenvalue weighted by atomic mass is 10.1. The van der Waals surface area contributed by atoms with E-state index in [9.17, 15) is 9.59 Å². The van der Waals surface area contributed by atoms with Crippen molar-refractivity contribution in [3.8, 4) is 5.75 Å². The van der Waals surface area contributed by atoms with Crippen LogP contribution in [0.1, 0.15) is 23.3 Å². The maximum atomic E-state index is 12.8. The zero-order valence-corrected chi connectivity index (χ0v) is 15.0. The highest BCUT2D eigenvalue weighted by Crippen LogP contribution is 2.35. The number of benzene rings is 2. The first-order valence-electron chi connectivity index (χ1n) is 8.43. The van der Waals surface area contributed by atoms with E-state index in [4.69, 9.17) is 25.9 Å². The Morgan fingerprint density at radius 1 is 1.22 bits per heavy atom. The van der Waals surface area contributed by atoms with Crippen LogP contribution in [-0.4, -0.2) is 17.7 Å². The second-order valence-corrected chi connectivity index (χ2v) is 6.68. The van der Waals surface area contributed by atoms with E-state index >= 15 is 0 Å². The average molecular weight is 383 g/mol. The molecule has 0 aliphatic heterocycles. The smallest absolute Gasteiger partial charge is 0.341 e. The molecule has 0 amide bonds. The Balaban J connectivity index is 1.80. The summed E-state index contributed by atoms with van der Waals surface area (Å²) in [5.41, 5.74) is 2.73. The third-order valence-electron chi connectivity index (χ3n) is 4.49. The molecule has 0 atom stereocenters. The summed E-state index contributed by atoms with van der Waals surface area (Å²) < 4.78 is 11.2. The molecule has 1 aromatic heterocycles. The highest BCUT2D eigenvalue weighted by molar-refractivity contribution is 6.32. The van der Waals surface area contributed by atoms with Gasteiger partial charge < -0.3 is 14.3 Å². The van der Waals surface area contributed by atoms with E-state index in [1.165, 1.54) is 0 Å². The lowest BCUT2D eigenvalue weighted by molar-refractivity contribution is -0.139. The lowest BCUT2D eigenvalue weighted by Crippen LogP contribution is -2.10. The highest BCUT2D eigenvalue weighted by Gasteiger charge is 2.24. The molecule has 6 heteroatoms. The van der Waals surface area contributed by atoms with Crippen LogP contribution >= 0.6 is 11.6 Å². The van der Waals surface area contributed by atoms with Gasteiger partial charge in [-0.2, -0.15) is 0 Å². The van der Waals surface area contributed by atoms with Gasteiger partial charge in [-0.25, -0.2) is 4.79 Å². The molecule has 5 nitrogen and oxygen atoms in total. The summed E-state index contributed by atoms with van der Waals surface area (Å²) in [6.45, 7) is -0.460. The van der Waals surface area contributed by atoms with Crippen molar-refractivity contribution in [1.29, 1.82) is 0 Å². The van der Waals surface area contributed by atoms with Gasteiger partial charge in [-0.3, -0.25) is 4.79 Å². The number of fused-ring (bicyclic) bond motifs is 2. The highest BCUT2D eigenvalue weighted by atomic mass is 35.5. The van der Waals surface area contributed by atoms with E-state index in [2.05, 4.69) is 0 Å². The minimum Gasteiger partial charge on any atom is -0.482 e. The fourth-order valence-corrected chi connectivity index (χ4v) is 3.41. The molecule has 4 rings (SSSR count). The average Bonchev–Trinajstić information content (AvgIpc) is 3.05. The van der Waals surface area contributed by atoms with Gasteiger partial charge in [-0.1, -0.05) is 29.8 Å². The minimum absolute atomic E-state index is 0.0707. The van der Waals surface area contributed by atoms with E-state index in [0.717, 1.165) is 11.1 Å². The van der Waals surface area contributed by atoms with E-state index in [0.29, 0.717) is 45.9 Å². The van der Waals surface area contributed by atoms with Gasteiger partial charge in [-0.05, 0) is 48.3 Å². The minimum atomic E-state index is -1.07. The van der Waals surface area contributed by atoms with Crippen molar-refractivity contribution in [1.82, 2.24) is 0 Å². The second kappa shape index (κ2) is 6.93. The molecule has 136 valence electrons. The number of halogens is 1. The zero-order valence-electron chi connectivity index (χ0n) is 14.2. The van der Waals surface area contributed by atoms with E-state index in [1.807, 2.05) is 30.3 Å². The maximum Gasteiger partial charge on any atom is 0.341 e. The van der Waals surface area contributed by atoms with E-state index < -0.39 is 12.6 Å². The van der Waals surface area contributed by atoms with Crippen molar-refractivity contribution in [2.45, 2.75) is 12.8 Å². The Morgan fingerprint density at radius 2 is 2.04 bits per heavy atom. The number of carboxylic acids is 1. The van der Waals surface area contributed by atoms with Crippen LogP contribution < -0.4 is 10.2 Å². The van der Waals surface area contributed by atoms with Gasteiger partial charge in [0, 0.05) is 16.7 Å². The molecule has 1 aliphatic carbocycles. The summed E-state index contributed by atoms with van der Waals surface area (Å²) in [5.74, 6) is -0.180. The van der Waals surface area contributed by atoms with E-state index in [1.54, 1.807) is 18.2 Å². The molecule has 3 aromatic rings. The molecule has 27 heavy (non-hydrogen) atoms. The van der Waals surface area contributed by atoms with Crippen molar-refractivity contribution in [3.63, 3.8) is 0 Å². The third-order valence-corrected chi connectivity index (χ3v) is 4.84. The summed E-state index contributed by atoms with van der Waals surface area (Å²) >= 11 is 6.24. The quantitative estimate of drug-likeness (QED) is 0.723. The number of carbonyl (C=O) groups is 1. The number of allylic oxidation sites excluding steroid dienone is 1. The molecule has 0 unspecified atom stereocenters. The Bertz CT molecular complexity index is 1140. The van der Waals surface area contributed by atoms with Gasteiger partial charge in [0.15, 0.2) is 12.0 Å². The molecule has 0 saturated carbocycles. The van der Waals surface area contributed by atoms with Crippen molar-refractivity contribution in [3.05, 3.63) is 74.6 Å². The van der Waals surface area contributed by atoms with E-state index in [-0.39, 0.29) is 5.43 Å². The number of hydrogen-bond acceptors (Lipinski definition) is 4. The molecule has 0 bridgehead atoms. The Labute approximate surface area is 159 Å². The van der Waals surface area contributed by atoms with Gasteiger partial charge in [0.05, 0.1) is 5.39 Å². The Kier molecular flexibility index (Phi) is 4.46. The summed E-state index contributed by atoms with van der Waals surface area (Å²) in [5, 5.41) is 9.82. The van der Waals surface area contributed by atoms with Crippen LogP contribution in [0.3, 0.4) is 0 Å². The van der Waals surface area contributed by atoms with Crippen LogP contribution in [0.4, 0.5) is 0 Å². The molecule has 1 N–H and O–H groups in total. The normalized spacial score (nSPS) is 14.5. The molecule has 0 spiro atoms. The first-order chi connectivity index (χ1) is 13.0. The van der Waals surface area contributed by atoms with Crippen molar-refractivity contribution in [2.24, 2.45) is 0 Å². The fraction of sp³-hybridized carbons (Fsp3) is 0.143. The first-order valence-corrected chi connectivity index (χ1v) is 8.80. The van der Waals surface area contributed by atoms with Crippen LogP contribution in [0, 0.1) is 0 Å². The molecule has 0 radical (unpaired) electrons. The molecular formula is C21H15ClO5. The van der Waals surface area contributed by atoms with Crippen LogP contribution in [0.5, 0.6) is 5.75 Å². The van der Waals surface area contributed by atoms with Gasteiger partial charge in [0.2, 0.25) is 0 Å². The summed E-state index contributed by atoms with van der Waals surface area (Å²) in [6, 6.07) is 12.2. The summed E-state index contributed by atoms with van der Waals surface area (Å²) in [4.78, 5) is 23.5. The lowest BCUT2D eigenvalue weighted by Gasteiger charge is -2.07. The second-order valence-electron chi connectivity index (χ2n) is 6.27. The number of ether oxygens (including phenoxy) is 1. The number of aliphatic carboxylic acids is 1. The predicted molar refractivity (Wildman–Crippen MR) is 103 cm³/mol. The monoisotopic (exact) mass is 382 g/mol. The molecule has 1 heterocycles. The van der Waals surface area contributed by atoms with Crippen LogP contribution in [0.25, 0.3) is 22.6 Å². The maximum absolute atomic E-state index is 12.8. The third kappa shape index (κ3) is 3.34. The first kappa shape index (κ1) is 17.4. The van der Waals surface area contributed by atoms with Gasteiger partial charge in [0.1, 0.15) is 17.1 Å². The molecule has 2 aromatic carbocycles. The van der Waals surface area contributed by atoms with Crippen LogP contribution in [0.15, 0.2) is 51.7 Å². The fourth-order valence-electron chi connectivity index (χ4n) is 3.22. The predicted octanol–water partition coefficient (Wildman–Crippen LogP) is 4.40. The molecule has 0 saturated heterocycles. The Hall–Kier alpha value is -3.05. The van der Waals surface area contributed by atoms with Crippen LogP contribution in [0.2, 0.25) is 5.02 Å². The molecule has 0 fully saturated rings. The van der Waals surface area contributed by atoms with Crippen molar-refractivity contribution >= 4 is 40.2 Å². The number of hydrogen-bond donors (Lipinski definition) is 1. The SMILES string of the molecule is O=C(O)COc1ccc2c(=O)c3c(oc2c1)/C(=C/c1ccccc1Cl)CC3. The van der Waals surface area contributed by atoms with Crippen molar-refractivity contribution < 1.29 is 19.1 Å². The number of rotatable bonds is 4. The van der Waals surface area contributed by atoms with Gasteiger partial charge in [0.25, 0.3) is 0 Å². The molecular weight excluding hydrogens is 368 g/mol. The zero-order chi connectivity index (χ0) is 19.0. The van der Waals surface area contributed by atoms with Gasteiger partial charge >= 0.3 is 5.97 Å². The van der Waals surface area contributed by atoms with Gasteiger partial charge in [-0.15, -0.1) is 0 Å².